The molecule has 0 aliphatic rings. The molecule has 0 aliphatic carbocycles. The lowest BCUT2D eigenvalue weighted by Crippen LogP contribution is -2.37. The standard InChI is InChI=1S/C19H24N2O4S/c1-4-15-9-11-17(12-10-15)20-19(22)14-21(26(3,23)24)13-16-7-5-6-8-18(16)25-2/h5-12H,4,13-14H2,1-3H3,(H,20,22). The first-order valence-corrected chi connectivity index (χ1v) is 10.1. The Morgan fingerprint density at radius 3 is 2.35 bits per heavy atom. The number of nitrogens with zero attached hydrogens (tertiary/aromatic N) is 1. The van der Waals surface area contributed by atoms with Crippen LogP contribution in [0, 0.1) is 0 Å². The maximum absolute atomic E-state index is 12.3. The monoisotopic (exact) mass is 376 g/mol. The molecule has 0 radical (unpaired) electrons. The molecule has 0 atom stereocenters. The zero-order valence-electron chi connectivity index (χ0n) is 15.2. The number of hydrogen-bond donors (Lipinski definition) is 1. The molecule has 0 saturated heterocycles. The molecule has 0 bridgehead atoms. The van der Waals surface area contributed by atoms with Crippen LogP contribution in [0.15, 0.2) is 48.5 Å². The fraction of sp³-hybridized carbons (Fsp3) is 0.316. The second-order valence-corrected chi connectivity index (χ2v) is 7.92. The first-order valence-electron chi connectivity index (χ1n) is 8.29. The van der Waals surface area contributed by atoms with Crippen molar-refractivity contribution in [1.82, 2.24) is 4.31 Å². The van der Waals surface area contributed by atoms with E-state index in [2.05, 4.69) is 12.2 Å². The number of carbonyl (C=O) groups is 1. The van der Waals surface area contributed by atoms with E-state index in [-0.39, 0.29) is 13.1 Å². The Kier molecular flexibility index (Phi) is 6.76. The van der Waals surface area contributed by atoms with Gasteiger partial charge in [0.1, 0.15) is 5.75 Å². The van der Waals surface area contributed by atoms with Crippen LogP contribution in [0.3, 0.4) is 0 Å². The Labute approximate surface area is 154 Å². The van der Waals surface area contributed by atoms with Crippen LogP contribution in [0.2, 0.25) is 0 Å². The van der Waals surface area contributed by atoms with Crippen LogP contribution in [0.1, 0.15) is 18.1 Å². The van der Waals surface area contributed by atoms with Gasteiger partial charge in [-0.05, 0) is 30.2 Å². The second kappa shape index (κ2) is 8.82. The topological polar surface area (TPSA) is 75.7 Å². The summed E-state index contributed by atoms with van der Waals surface area (Å²) in [7, 11) is -2.05. The molecular weight excluding hydrogens is 352 g/mol. The van der Waals surface area contributed by atoms with Crippen molar-refractivity contribution in [3.05, 3.63) is 59.7 Å². The fourth-order valence-corrected chi connectivity index (χ4v) is 3.22. The smallest absolute Gasteiger partial charge is 0.239 e. The molecular formula is C19H24N2O4S. The number of benzene rings is 2. The third kappa shape index (κ3) is 5.57. The zero-order chi connectivity index (χ0) is 19.2. The van der Waals surface area contributed by atoms with Gasteiger partial charge in [0.05, 0.1) is 19.9 Å². The maximum Gasteiger partial charge on any atom is 0.239 e. The summed E-state index contributed by atoms with van der Waals surface area (Å²) in [5.74, 6) is 0.186. The summed E-state index contributed by atoms with van der Waals surface area (Å²) in [4.78, 5) is 12.3. The van der Waals surface area contributed by atoms with Crippen molar-refractivity contribution in [3.8, 4) is 5.75 Å². The Morgan fingerprint density at radius 1 is 1.12 bits per heavy atom. The SMILES string of the molecule is CCc1ccc(NC(=O)CN(Cc2ccccc2OC)S(C)(=O)=O)cc1. The lowest BCUT2D eigenvalue weighted by atomic mass is 10.1. The third-order valence-corrected chi connectivity index (χ3v) is 5.17. The predicted molar refractivity (Wildman–Crippen MR) is 103 cm³/mol. The largest absolute Gasteiger partial charge is 0.496 e. The van der Waals surface area contributed by atoms with Crippen molar-refractivity contribution in [2.24, 2.45) is 0 Å². The van der Waals surface area contributed by atoms with Crippen molar-refractivity contribution >= 4 is 21.6 Å². The number of hydrogen-bond acceptors (Lipinski definition) is 4. The third-order valence-electron chi connectivity index (χ3n) is 3.97. The molecule has 2 rings (SSSR count). The van der Waals surface area contributed by atoms with E-state index in [1.165, 1.54) is 7.11 Å². The van der Waals surface area contributed by atoms with E-state index in [0.717, 1.165) is 22.5 Å². The highest BCUT2D eigenvalue weighted by molar-refractivity contribution is 7.88. The first-order chi connectivity index (χ1) is 12.3. The minimum Gasteiger partial charge on any atom is -0.496 e. The van der Waals surface area contributed by atoms with Crippen molar-refractivity contribution in [2.75, 3.05) is 25.2 Å². The summed E-state index contributed by atoms with van der Waals surface area (Å²) >= 11 is 0. The van der Waals surface area contributed by atoms with E-state index in [0.29, 0.717) is 17.0 Å². The van der Waals surface area contributed by atoms with Crippen LogP contribution in [0.4, 0.5) is 5.69 Å². The van der Waals surface area contributed by atoms with E-state index in [1.807, 2.05) is 24.3 Å². The number of amides is 1. The van der Waals surface area contributed by atoms with Crippen molar-refractivity contribution in [1.29, 1.82) is 0 Å². The quantitative estimate of drug-likeness (QED) is 0.768. The number of rotatable bonds is 8. The number of sulfonamides is 1. The Bertz CT molecular complexity index is 848. The number of para-hydroxylation sites is 1. The summed E-state index contributed by atoms with van der Waals surface area (Å²) < 4.78 is 30.6. The molecule has 2 aromatic carbocycles. The zero-order valence-corrected chi connectivity index (χ0v) is 16.0. The van der Waals surface area contributed by atoms with E-state index in [4.69, 9.17) is 4.74 Å². The molecule has 0 heterocycles. The van der Waals surface area contributed by atoms with Crippen LogP contribution in [-0.4, -0.2) is 38.5 Å². The van der Waals surface area contributed by atoms with Crippen LogP contribution in [-0.2, 0) is 27.8 Å². The van der Waals surface area contributed by atoms with Gasteiger partial charge in [0, 0.05) is 17.8 Å². The Hall–Kier alpha value is -2.38. The summed E-state index contributed by atoms with van der Waals surface area (Å²) in [6.07, 6.45) is 2.00. The van der Waals surface area contributed by atoms with Gasteiger partial charge in [-0.3, -0.25) is 4.79 Å². The molecule has 6 nitrogen and oxygen atoms in total. The fourth-order valence-electron chi connectivity index (χ4n) is 2.50. The number of aryl methyl sites for hydroxylation is 1. The van der Waals surface area contributed by atoms with Gasteiger partial charge in [0.25, 0.3) is 0 Å². The van der Waals surface area contributed by atoms with Gasteiger partial charge in [-0.2, -0.15) is 4.31 Å². The number of ether oxygens (including phenoxy) is 1. The normalized spacial score (nSPS) is 11.4. The van der Waals surface area contributed by atoms with Gasteiger partial charge >= 0.3 is 0 Å². The molecule has 140 valence electrons. The van der Waals surface area contributed by atoms with Crippen LogP contribution in [0.25, 0.3) is 0 Å². The first kappa shape index (κ1) is 19.9. The average Bonchev–Trinajstić information content (AvgIpc) is 2.61. The van der Waals surface area contributed by atoms with Crippen molar-refractivity contribution < 1.29 is 17.9 Å². The summed E-state index contributed by atoms with van der Waals surface area (Å²) in [5, 5.41) is 2.73. The molecule has 0 aromatic heterocycles. The summed E-state index contributed by atoms with van der Waals surface area (Å²) in [6.45, 7) is 1.84. The van der Waals surface area contributed by atoms with Gasteiger partial charge in [0.2, 0.25) is 15.9 Å². The van der Waals surface area contributed by atoms with Crippen molar-refractivity contribution in [2.45, 2.75) is 19.9 Å². The molecule has 1 N–H and O–H groups in total. The Morgan fingerprint density at radius 2 is 1.77 bits per heavy atom. The van der Waals surface area contributed by atoms with Gasteiger partial charge in [-0.15, -0.1) is 0 Å². The number of methoxy groups -OCH3 is 1. The van der Waals surface area contributed by atoms with E-state index in [1.54, 1.807) is 24.3 Å². The lowest BCUT2D eigenvalue weighted by Gasteiger charge is -2.20. The van der Waals surface area contributed by atoms with Gasteiger partial charge in [-0.25, -0.2) is 8.42 Å². The van der Waals surface area contributed by atoms with Gasteiger partial charge < -0.3 is 10.1 Å². The summed E-state index contributed by atoms with van der Waals surface area (Å²) in [5.41, 5.74) is 2.50. The predicted octanol–water partition coefficient (Wildman–Crippen LogP) is 2.66. The Balaban J connectivity index is 2.11. The molecule has 7 heteroatoms. The van der Waals surface area contributed by atoms with Gasteiger partial charge in [0.15, 0.2) is 0 Å². The highest BCUT2D eigenvalue weighted by atomic mass is 32.2. The van der Waals surface area contributed by atoms with E-state index >= 15 is 0 Å². The molecule has 0 fully saturated rings. The van der Waals surface area contributed by atoms with Crippen molar-refractivity contribution in [3.63, 3.8) is 0 Å². The number of anilines is 1. The molecule has 0 unspecified atom stereocenters. The molecule has 2 aromatic rings. The van der Waals surface area contributed by atoms with E-state index in [9.17, 15) is 13.2 Å². The lowest BCUT2D eigenvalue weighted by molar-refractivity contribution is -0.116. The molecule has 1 amide bonds. The molecule has 0 saturated carbocycles. The average molecular weight is 376 g/mol. The van der Waals surface area contributed by atoms with Crippen LogP contribution >= 0.6 is 0 Å². The minimum atomic E-state index is -3.57. The van der Waals surface area contributed by atoms with Gasteiger partial charge in [-0.1, -0.05) is 37.3 Å². The molecule has 26 heavy (non-hydrogen) atoms. The second-order valence-electron chi connectivity index (χ2n) is 5.94. The molecule has 0 spiro atoms. The van der Waals surface area contributed by atoms with Crippen LogP contribution < -0.4 is 10.1 Å². The molecule has 0 aliphatic heterocycles. The number of carbonyl (C=O) groups excluding carboxylic acids is 1. The minimum absolute atomic E-state index is 0.0606. The maximum atomic E-state index is 12.3. The summed E-state index contributed by atoms with van der Waals surface area (Å²) in [6, 6.07) is 14.6. The number of nitrogens with one attached hydrogen (secondary N) is 1. The highest BCUT2D eigenvalue weighted by Crippen LogP contribution is 2.20. The highest BCUT2D eigenvalue weighted by Gasteiger charge is 2.22. The van der Waals surface area contributed by atoms with Crippen LogP contribution in [0.5, 0.6) is 5.75 Å². The van der Waals surface area contributed by atoms with E-state index < -0.39 is 15.9 Å².